The van der Waals surface area contributed by atoms with Crippen LogP contribution in [0.3, 0.4) is 0 Å². The molecule has 36 heavy (non-hydrogen) atoms. The van der Waals surface area contributed by atoms with Crippen LogP contribution in [0.15, 0.2) is 48.8 Å². The van der Waals surface area contributed by atoms with E-state index in [1.165, 1.54) is 31.5 Å². The molecule has 0 fully saturated rings. The summed E-state index contributed by atoms with van der Waals surface area (Å²) in [5.41, 5.74) is 1.47. The Balaban J connectivity index is 1.51. The van der Waals surface area contributed by atoms with Gasteiger partial charge < -0.3 is 14.2 Å². The van der Waals surface area contributed by atoms with Gasteiger partial charge in [0.25, 0.3) is 11.8 Å². The second kappa shape index (κ2) is 11.0. The fraction of sp³-hybridized carbons (Fsp3) is 0.231. The molecule has 1 aliphatic rings. The van der Waals surface area contributed by atoms with Crippen LogP contribution in [0.4, 0.5) is 0 Å². The summed E-state index contributed by atoms with van der Waals surface area (Å²) in [5.74, 6) is -0.166. The number of benzene rings is 2. The first-order valence-electron chi connectivity index (χ1n) is 11.0. The van der Waals surface area contributed by atoms with Gasteiger partial charge in [0.2, 0.25) is 5.75 Å². The summed E-state index contributed by atoms with van der Waals surface area (Å²) in [6.45, 7) is 0.262. The van der Waals surface area contributed by atoms with E-state index in [2.05, 4.69) is 4.98 Å². The molecule has 0 saturated heterocycles. The van der Waals surface area contributed by atoms with E-state index in [4.69, 9.17) is 37.4 Å². The number of halogens is 2. The number of aromatic nitrogens is 1. The molecule has 0 radical (unpaired) electrons. The Labute approximate surface area is 217 Å². The van der Waals surface area contributed by atoms with Crippen molar-refractivity contribution in [1.29, 1.82) is 0 Å². The molecule has 2 aromatic carbocycles. The molecule has 0 bridgehead atoms. The summed E-state index contributed by atoms with van der Waals surface area (Å²) in [4.78, 5) is 43.5. The first kappa shape index (κ1) is 25.5. The van der Waals surface area contributed by atoms with Gasteiger partial charge in [-0.25, -0.2) is 0 Å². The minimum Gasteiger partial charge on any atom is -0.493 e. The Morgan fingerprint density at radius 2 is 1.56 bits per heavy atom. The number of fused-ring (bicyclic) bond motifs is 1. The second-order valence-corrected chi connectivity index (χ2v) is 8.68. The number of methoxy groups -OCH3 is 2. The van der Waals surface area contributed by atoms with Crippen LogP contribution in [0.2, 0.25) is 10.0 Å². The maximum Gasteiger partial charge on any atom is 0.261 e. The Kier molecular flexibility index (Phi) is 7.76. The molecule has 3 aromatic rings. The van der Waals surface area contributed by atoms with Gasteiger partial charge in [-0.2, -0.15) is 0 Å². The third-order valence-corrected chi connectivity index (χ3v) is 6.39. The molecule has 0 atom stereocenters. The van der Waals surface area contributed by atoms with Crippen molar-refractivity contribution in [2.45, 2.75) is 12.8 Å². The zero-order chi connectivity index (χ0) is 25.8. The quantitative estimate of drug-likeness (QED) is 0.210. The average Bonchev–Trinajstić information content (AvgIpc) is 3.12. The Bertz CT molecular complexity index is 1290. The molecule has 8 nitrogen and oxygen atoms in total. The van der Waals surface area contributed by atoms with Crippen molar-refractivity contribution in [3.05, 3.63) is 81.1 Å². The molecule has 0 spiro atoms. The Hall–Kier alpha value is -3.62. The number of carbonyl (C=O) groups is 3. The van der Waals surface area contributed by atoms with Gasteiger partial charge in [-0.3, -0.25) is 24.3 Å². The highest BCUT2D eigenvalue weighted by Crippen LogP contribution is 2.41. The van der Waals surface area contributed by atoms with Crippen molar-refractivity contribution in [1.82, 2.24) is 9.88 Å². The third kappa shape index (κ3) is 4.87. The molecule has 0 unspecified atom stereocenters. The summed E-state index contributed by atoms with van der Waals surface area (Å²) in [5, 5.41) is 0.555. The van der Waals surface area contributed by atoms with E-state index in [0.29, 0.717) is 28.9 Å². The van der Waals surface area contributed by atoms with Crippen LogP contribution in [-0.2, 0) is 6.42 Å². The number of nitrogens with zero attached hydrogens (tertiary/aromatic N) is 2. The van der Waals surface area contributed by atoms with E-state index in [1.807, 2.05) is 0 Å². The summed E-state index contributed by atoms with van der Waals surface area (Å²) < 4.78 is 16.8. The van der Waals surface area contributed by atoms with Gasteiger partial charge in [0.1, 0.15) is 0 Å². The maximum absolute atomic E-state index is 13.2. The zero-order valence-corrected chi connectivity index (χ0v) is 21.1. The van der Waals surface area contributed by atoms with Gasteiger partial charge >= 0.3 is 0 Å². The van der Waals surface area contributed by atoms with E-state index in [0.717, 1.165) is 0 Å². The largest absolute Gasteiger partial charge is 0.493 e. The average molecular weight is 529 g/mol. The molecule has 0 saturated carbocycles. The van der Waals surface area contributed by atoms with Crippen LogP contribution in [0.5, 0.6) is 17.2 Å². The monoisotopic (exact) mass is 528 g/mol. The highest BCUT2D eigenvalue weighted by Gasteiger charge is 2.34. The van der Waals surface area contributed by atoms with E-state index in [-0.39, 0.29) is 64.3 Å². The van der Waals surface area contributed by atoms with Gasteiger partial charge in [0.15, 0.2) is 17.3 Å². The first-order valence-corrected chi connectivity index (χ1v) is 11.8. The number of pyridine rings is 1. The molecule has 186 valence electrons. The van der Waals surface area contributed by atoms with Crippen LogP contribution < -0.4 is 14.2 Å². The lowest BCUT2D eigenvalue weighted by molar-refractivity contribution is 0.0646. The highest BCUT2D eigenvalue weighted by molar-refractivity contribution is 6.36. The van der Waals surface area contributed by atoms with E-state index in [1.54, 1.807) is 36.4 Å². The second-order valence-electron chi connectivity index (χ2n) is 7.87. The van der Waals surface area contributed by atoms with Crippen LogP contribution in [0.1, 0.15) is 43.1 Å². The maximum atomic E-state index is 13.2. The fourth-order valence-electron chi connectivity index (χ4n) is 3.96. The van der Waals surface area contributed by atoms with Gasteiger partial charge in [0, 0.05) is 30.9 Å². The van der Waals surface area contributed by atoms with Gasteiger partial charge in [-0.1, -0.05) is 35.3 Å². The van der Waals surface area contributed by atoms with Crippen molar-refractivity contribution in [3.63, 3.8) is 0 Å². The lowest BCUT2D eigenvalue weighted by Crippen LogP contribution is -2.31. The Morgan fingerprint density at radius 1 is 0.917 bits per heavy atom. The summed E-state index contributed by atoms with van der Waals surface area (Å²) in [6.07, 6.45) is 3.09. The fourth-order valence-corrected chi connectivity index (χ4v) is 4.46. The van der Waals surface area contributed by atoms with Crippen molar-refractivity contribution in [2.24, 2.45) is 0 Å². The van der Waals surface area contributed by atoms with Crippen molar-refractivity contribution < 1.29 is 28.6 Å². The van der Waals surface area contributed by atoms with Crippen LogP contribution in [0, 0.1) is 0 Å². The number of carbonyl (C=O) groups excluding carboxylic acids is 3. The van der Waals surface area contributed by atoms with E-state index < -0.39 is 0 Å². The number of rotatable bonds is 10. The summed E-state index contributed by atoms with van der Waals surface area (Å²) in [7, 11) is 2.91. The summed E-state index contributed by atoms with van der Waals surface area (Å²) in [6, 6.07) is 9.88. The standard InChI is InChI=1S/C26H22Cl2N2O6/c1-34-22-9-8-17(21(31)12-18-19(27)13-29-14-20(18)28)23(24(22)35-2)36-11-5-10-30-25(32)15-6-3-4-7-16(15)26(30)33/h3-4,6-9,13-14H,5,10-12H2,1-2H3. The van der Waals surface area contributed by atoms with Crippen molar-refractivity contribution in [3.8, 4) is 17.2 Å². The van der Waals surface area contributed by atoms with Gasteiger partial charge in [-0.05, 0) is 30.7 Å². The predicted octanol–water partition coefficient (Wildman–Crippen LogP) is 4.90. The topological polar surface area (TPSA) is 95.0 Å². The minimum absolute atomic E-state index is 0.0823. The number of amides is 2. The molecule has 1 aromatic heterocycles. The predicted molar refractivity (Wildman–Crippen MR) is 134 cm³/mol. The van der Waals surface area contributed by atoms with Crippen molar-refractivity contribution in [2.75, 3.05) is 27.4 Å². The number of Topliss-reactive ketones (excluding diaryl/α,β-unsaturated/α-hetero) is 1. The lowest BCUT2D eigenvalue weighted by Gasteiger charge is -2.18. The zero-order valence-electron chi connectivity index (χ0n) is 19.5. The molecule has 1 aliphatic heterocycles. The molecular weight excluding hydrogens is 507 g/mol. The normalized spacial score (nSPS) is 12.5. The van der Waals surface area contributed by atoms with E-state index in [9.17, 15) is 14.4 Å². The SMILES string of the molecule is COc1ccc(C(=O)Cc2c(Cl)cncc2Cl)c(OCCCN2C(=O)c3ccccc3C2=O)c1OC. The summed E-state index contributed by atoms with van der Waals surface area (Å²) >= 11 is 12.4. The van der Waals surface area contributed by atoms with Gasteiger partial charge in [0.05, 0.1) is 47.6 Å². The van der Waals surface area contributed by atoms with Crippen LogP contribution in [0.25, 0.3) is 0 Å². The molecule has 2 amide bonds. The number of hydrogen-bond acceptors (Lipinski definition) is 7. The van der Waals surface area contributed by atoms with Crippen LogP contribution >= 0.6 is 23.2 Å². The lowest BCUT2D eigenvalue weighted by atomic mass is 10.0. The first-order chi connectivity index (χ1) is 17.4. The van der Waals surface area contributed by atoms with Crippen LogP contribution in [-0.4, -0.2) is 54.9 Å². The van der Waals surface area contributed by atoms with Crippen molar-refractivity contribution >= 4 is 40.8 Å². The smallest absolute Gasteiger partial charge is 0.261 e. The molecule has 2 heterocycles. The number of hydrogen-bond donors (Lipinski definition) is 0. The number of ether oxygens (including phenoxy) is 3. The highest BCUT2D eigenvalue weighted by atomic mass is 35.5. The molecule has 0 aliphatic carbocycles. The Morgan fingerprint density at radius 3 is 2.14 bits per heavy atom. The number of imide groups is 1. The van der Waals surface area contributed by atoms with E-state index >= 15 is 0 Å². The minimum atomic E-state index is -0.337. The molecular formula is C26H22Cl2N2O6. The number of ketones is 1. The van der Waals surface area contributed by atoms with Gasteiger partial charge in [-0.15, -0.1) is 0 Å². The third-order valence-electron chi connectivity index (χ3n) is 5.74. The molecule has 10 heteroatoms. The molecule has 0 N–H and O–H groups in total. The molecule has 4 rings (SSSR count).